The van der Waals surface area contributed by atoms with Crippen molar-refractivity contribution in [3.05, 3.63) is 48.5 Å². The third-order valence-corrected chi connectivity index (χ3v) is 5.67. The molecule has 0 aromatic heterocycles. The van der Waals surface area contributed by atoms with E-state index in [1.807, 2.05) is 24.0 Å². The van der Waals surface area contributed by atoms with Crippen molar-refractivity contribution >= 4 is 41.3 Å². The fourth-order valence-electron chi connectivity index (χ4n) is 3.67. The molecule has 2 aromatic carbocycles. The van der Waals surface area contributed by atoms with E-state index in [0.29, 0.717) is 5.69 Å². The summed E-state index contributed by atoms with van der Waals surface area (Å²) in [5.74, 6) is 0.0250. The maximum atomic E-state index is 12.9. The van der Waals surface area contributed by atoms with Crippen molar-refractivity contribution in [1.29, 1.82) is 0 Å². The van der Waals surface area contributed by atoms with Crippen LogP contribution in [-0.2, 0) is 9.53 Å². The van der Waals surface area contributed by atoms with Crippen LogP contribution >= 0.6 is 12.6 Å². The van der Waals surface area contributed by atoms with Crippen molar-refractivity contribution in [3.8, 4) is 0 Å². The Hall–Kier alpha value is -2.38. The number of thiol groups is 1. The zero-order chi connectivity index (χ0) is 19.0. The number of rotatable bonds is 3. The largest absolute Gasteiger partial charge is 0.399 e. The molecular formula is C20H24N4O2S. The molecule has 2 unspecified atom stereocenters. The SMILES string of the molecule is CC1C(=O)N(c2ccc(N)cc2)C(S)N1c1ccc(N2CCOCC2)cc1. The topological polar surface area (TPSA) is 62.0 Å². The monoisotopic (exact) mass is 384 g/mol. The van der Waals surface area contributed by atoms with Gasteiger partial charge in [-0.2, -0.15) is 0 Å². The lowest BCUT2D eigenvalue weighted by Crippen LogP contribution is -2.37. The third-order valence-electron chi connectivity index (χ3n) is 5.19. The highest BCUT2D eigenvalue weighted by Crippen LogP contribution is 2.35. The van der Waals surface area contributed by atoms with Gasteiger partial charge in [-0.15, -0.1) is 12.6 Å². The maximum Gasteiger partial charge on any atom is 0.251 e. The minimum atomic E-state index is -0.370. The highest BCUT2D eigenvalue weighted by atomic mass is 32.1. The normalized spacial score (nSPS) is 23.2. The molecule has 2 saturated heterocycles. The van der Waals surface area contributed by atoms with Gasteiger partial charge < -0.3 is 20.3 Å². The standard InChI is InChI=1S/C20H24N4O2S/c1-14-19(25)24(18-4-2-15(21)3-5-18)20(27)23(14)17-8-6-16(7-9-17)22-10-12-26-13-11-22/h2-9,14,20,27H,10-13,21H2,1H3. The van der Waals surface area contributed by atoms with Crippen LogP contribution in [0.15, 0.2) is 48.5 Å². The highest BCUT2D eigenvalue weighted by molar-refractivity contribution is 7.81. The van der Waals surface area contributed by atoms with Gasteiger partial charge >= 0.3 is 0 Å². The van der Waals surface area contributed by atoms with E-state index in [1.54, 1.807) is 17.0 Å². The molecule has 0 bridgehead atoms. The van der Waals surface area contributed by atoms with Crippen LogP contribution in [-0.4, -0.2) is 43.8 Å². The molecule has 0 aliphatic carbocycles. The molecule has 2 aliphatic heterocycles. The number of nitrogens with zero attached hydrogens (tertiary/aromatic N) is 3. The Labute approximate surface area is 164 Å². The van der Waals surface area contributed by atoms with Gasteiger partial charge in [0.2, 0.25) is 0 Å². The summed E-state index contributed by atoms with van der Waals surface area (Å²) in [6.07, 6.45) is 0. The fraction of sp³-hybridized carbons (Fsp3) is 0.350. The van der Waals surface area contributed by atoms with Crippen molar-refractivity contribution < 1.29 is 9.53 Å². The zero-order valence-electron chi connectivity index (χ0n) is 15.3. The lowest BCUT2D eigenvalue weighted by atomic mass is 10.2. The number of carbonyl (C=O) groups excluding carboxylic acids is 1. The second-order valence-corrected chi connectivity index (χ2v) is 7.31. The van der Waals surface area contributed by atoms with Crippen LogP contribution in [0.2, 0.25) is 0 Å². The lowest BCUT2D eigenvalue weighted by molar-refractivity contribution is -0.117. The first-order valence-corrected chi connectivity index (χ1v) is 9.65. The minimum absolute atomic E-state index is 0.0250. The number of nitrogen functional groups attached to an aromatic ring is 1. The van der Waals surface area contributed by atoms with Gasteiger partial charge in [0.1, 0.15) is 6.04 Å². The molecule has 4 rings (SSSR count). The maximum absolute atomic E-state index is 12.9. The number of morpholine rings is 1. The van der Waals surface area contributed by atoms with Gasteiger partial charge in [0.15, 0.2) is 5.50 Å². The first-order chi connectivity index (χ1) is 13.1. The van der Waals surface area contributed by atoms with Gasteiger partial charge in [0, 0.05) is 35.8 Å². The smallest absolute Gasteiger partial charge is 0.251 e. The number of hydrogen-bond acceptors (Lipinski definition) is 6. The van der Waals surface area contributed by atoms with E-state index in [4.69, 9.17) is 23.1 Å². The molecule has 2 N–H and O–H groups in total. The molecule has 2 atom stereocenters. The average Bonchev–Trinajstić information content (AvgIpc) is 2.92. The van der Waals surface area contributed by atoms with Crippen LogP contribution < -0.4 is 20.4 Å². The number of nitrogens with two attached hydrogens (primary N) is 1. The Morgan fingerprint density at radius 3 is 2.15 bits per heavy atom. The molecule has 27 heavy (non-hydrogen) atoms. The van der Waals surface area contributed by atoms with Gasteiger partial charge in [-0.05, 0) is 55.5 Å². The molecule has 0 saturated carbocycles. The van der Waals surface area contributed by atoms with E-state index in [9.17, 15) is 4.79 Å². The molecule has 0 radical (unpaired) electrons. The van der Waals surface area contributed by atoms with E-state index in [1.165, 1.54) is 5.69 Å². The number of ether oxygens (including phenoxy) is 1. The number of amides is 1. The van der Waals surface area contributed by atoms with Crippen LogP contribution in [0, 0.1) is 0 Å². The van der Waals surface area contributed by atoms with Crippen LogP contribution in [0.3, 0.4) is 0 Å². The van der Waals surface area contributed by atoms with Crippen molar-refractivity contribution in [1.82, 2.24) is 0 Å². The Morgan fingerprint density at radius 2 is 1.52 bits per heavy atom. The third kappa shape index (κ3) is 3.33. The summed E-state index contributed by atoms with van der Waals surface area (Å²) in [6.45, 7) is 5.23. The number of benzene rings is 2. The predicted molar refractivity (Wildman–Crippen MR) is 113 cm³/mol. The summed E-state index contributed by atoms with van der Waals surface area (Å²) in [6, 6.07) is 15.3. The quantitative estimate of drug-likeness (QED) is 0.629. The summed E-state index contributed by atoms with van der Waals surface area (Å²) in [5, 5.41) is 0. The Kier molecular flexibility index (Phi) is 4.88. The molecule has 2 heterocycles. The summed E-state index contributed by atoms with van der Waals surface area (Å²) in [5.41, 5.74) is 9.02. The minimum Gasteiger partial charge on any atom is -0.399 e. The van der Waals surface area contributed by atoms with Gasteiger partial charge in [-0.25, -0.2) is 0 Å². The molecule has 7 heteroatoms. The highest BCUT2D eigenvalue weighted by Gasteiger charge is 2.42. The van der Waals surface area contributed by atoms with Crippen molar-refractivity contribution in [2.45, 2.75) is 18.5 Å². The van der Waals surface area contributed by atoms with E-state index < -0.39 is 0 Å². The molecule has 2 fully saturated rings. The molecular weight excluding hydrogens is 360 g/mol. The van der Waals surface area contributed by atoms with Gasteiger partial charge in [0.05, 0.1) is 13.2 Å². The van der Waals surface area contributed by atoms with Crippen molar-refractivity contribution in [2.75, 3.05) is 46.7 Å². The summed E-state index contributed by atoms with van der Waals surface area (Å²) >= 11 is 4.75. The summed E-state index contributed by atoms with van der Waals surface area (Å²) in [7, 11) is 0. The zero-order valence-corrected chi connectivity index (χ0v) is 16.2. The van der Waals surface area contributed by atoms with E-state index >= 15 is 0 Å². The van der Waals surface area contributed by atoms with Gasteiger partial charge in [-0.1, -0.05) is 0 Å². The molecule has 2 aromatic rings. The Morgan fingerprint density at radius 1 is 0.963 bits per heavy atom. The number of anilines is 4. The van der Waals surface area contributed by atoms with Crippen LogP contribution in [0.5, 0.6) is 0 Å². The lowest BCUT2D eigenvalue weighted by Gasteiger charge is -2.31. The van der Waals surface area contributed by atoms with E-state index in [-0.39, 0.29) is 17.4 Å². The van der Waals surface area contributed by atoms with Crippen LogP contribution in [0.1, 0.15) is 6.92 Å². The predicted octanol–water partition coefficient (Wildman–Crippen LogP) is 2.56. The summed E-state index contributed by atoms with van der Waals surface area (Å²) < 4.78 is 5.42. The van der Waals surface area contributed by atoms with Crippen molar-refractivity contribution in [2.24, 2.45) is 0 Å². The molecule has 2 aliphatic rings. The second-order valence-electron chi connectivity index (χ2n) is 6.85. The van der Waals surface area contributed by atoms with Gasteiger partial charge in [-0.3, -0.25) is 9.69 Å². The summed E-state index contributed by atoms with van der Waals surface area (Å²) in [4.78, 5) is 18.9. The number of carbonyl (C=O) groups is 1. The van der Waals surface area contributed by atoms with Crippen LogP contribution in [0.4, 0.5) is 22.7 Å². The molecule has 0 spiro atoms. The number of hydrogen-bond donors (Lipinski definition) is 2. The first-order valence-electron chi connectivity index (χ1n) is 9.14. The average molecular weight is 385 g/mol. The first kappa shape index (κ1) is 18.0. The van der Waals surface area contributed by atoms with Gasteiger partial charge in [0.25, 0.3) is 5.91 Å². The molecule has 6 nitrogen and oxygen atoms in total. The Balaban J connectivity index is 1.57. The van der Waals surface area contributed by atoms with Crippen molar-refractivity contribution in [3.63, 3.8) is 0 Å². The van der Waals surface area contributed by atoms with E-state index in [0.717, 1.165) is 37.7 Å². The molecule has 1 amide bonds. The molecule has 142 valence electrons. The second kappa shape index (κ2) is 7.32. The fourth-order valence-corrected chi connectivity index (χ4v) is 4.25. The Bertz CT molecular complexity index is 806. The van der Waals surface area contributed by atoms with Crippen LogP contribution in [0.25, 0.3) is 0 Å². The van der Waals surface area contributed by atoms with E-state index in [2.05, 4.69) is 29.2 Å².